The SMILES string of the molecule is N#C/C(=C\c1cccc(OCc2ccccc2Cl)c1)C(=O)c1cccc([N+](=O)[O-])c1. The van der Waals surface area contributed by atoms with E-state index in [0.717, 1.165) is 11.6 Å². The lowest BCUT2D eigenvalue weighted by Crippen LogP contribution is -2.03. The fraction of sp³-hybridized carbons (Fsp3) is 0.0435. The van der Waals surface area contributed by atoms with E-state index in [2.05, 4.69) is 0 Å². The Morgan fingerprint density at radius 1 is 1.10 bits per heavy atom. The van der Waals surface area contributed by atoms with Crippen LogP contribution in [0.25, 0.3) is 6.08 Å². The van der Waals surface area contributed by atoms with Crippen molar-refractivity contribution in [3.63, 3.8) is 0 Å². The van der Waals surface area contributed by atoms with Gasteiger partial charge in [0.2, 0.25) is 5.78 Å². The number of carbonyl (C=O) groups is 1. The maximum absolute atomic E-state index is 12.6. The van der Waals surface area contributed by atoms with Crippen LogP contribution in [0.1, 0.15) is 21.5 Å². The molecule has 0 aliphatic carbocycles. The number of carbonyl (C=O) groups excluding carboxylic acids is 1. The van der Waals surface area contributed by atoms with Gasteiger partial charge >= 0.3 is 0 Å². The predicted molar refractivity (Wildman–Crippen MR) is 113 cm³/mol. The van der Waals surface area contributed by atoms with Crippen LogP contribution in [0, 0.1) is 21.4 Å². The zero-order valence-electron chi connectivity index (χ0n) is 15.6. The number of benzene rings is 3. The third-order valence-electron chi connectivity index (χ3n) is 4.21. The van der Waals surface area contributed by atoms with Gasteiger partial charge in [-0.2, -0.15) is 5.26 Å². The molecule has 0 heterocycles. The van der Waals surface area contributed by atoms with Gasteiger partial charge in [0.25, 0.3) is 5.69 Å². The standard InChI is InChI=1S/C23H15ClN2O4/c24-22-10-2-1-6-18(22)15-30-21-9-3-5-16(12-21)11-19(14-25)23(27)17-7-4-8-20(13-17)26(28)29/h1-13H,15H2/b19-11+. The van der Waals surface area contributed by atoms with Crippen molar-refractivity contribution in [3.05, 3.63) is 110 Å². The minimum atomic E-state index is -0.594. The lowest BCUT2D eigenvalue weighted by atomic mass is 10.0. The summed E-state index contributed by atoms with van der Waals surface area (Å²) in [5.41, 5.74) is 1.13. The number of non-ortho nitro benzene ring substituents is 1. The molecule has 0 atom stereocenters. The number of halogens is 1. The van der Waals surface area contributed by atoms with E-state index in [1.807, 2.05) is 24.3 Å². The molecule has 0 fully saturated rings. The number of ether oxygens (including phenoxy) is 1. The molecule has 30 heavy (non-hydrogen) atoms. The number of nitrogens with zero attached hydrogens (tertiary/aromatic N) is 2. The highest BCUT2D eigenvalue weighted by Crippen LogP contribution is 2.22. The first-order valence-corrected chi connectivity index (χ1v) is 9.23. The lowest BCUT2D eigenvalue weighted by Gasteiger charge is -2.08. The zero-order valence-corrected chi connectivity index (χ0v) is 16.4. The van der Waals surface area contributed by atoms with Gasteiger partial charge in [-0.25, -0.2) is 0 Å². The van der Waals surface area contributed by atoms with Crippen molar-refractivity contribution in [2.24, 2.45) is 0 Å². The molecule has 0 aliphatic heterocycles. The van der Waals surface area contributed by atoms with Crippen LogP contribution >= 0.6 is 11.6 Å². The van der Waals surface area contributed by atoms with Gasteiger partial charge in [0.15, 0.2) is 0 Å². The number of hydrogen-bond donors (Lipinski definition) is 0. The Labute approximate surface area is 177 Å². The molecule has 0 aromatic heterocycles. The maximum atomic E-state index is 12.6. The Morgan fingerprint density at radius 3 is 2.60 bits per heavy atom. The van der Waals surface area contributed by atoms with Crippen LogP contribution in [0.4, 0.5) is 5.69 Å². The first-order chi connectivity index (χ1) is 14.5. The van der Waals surface area contributed by atoms with Crippen molar-refractivity contribution in [1.29, 1.82) is 5.26 Å². The smallest absolute Gasteiger partial charge is 0.270 e. The number of Topliss-reactive ketones (excluding diaryl/α,β-unsaturated/α-hetero) is 1. The van der Waals surface area contributed by atoms with Gasteiger partial charge in [-0.1, -0.05) is 54.1 Å². The summed E-state index contributed by atoms with van der Waals surface area (Å²) in [7, 11) is 0. The molecule has 7 heteroatoms. The van der Waals surface area contributed by atoms with Crippen molar-refractivity contribution in [3.8, 4) is 11.8 Å². The quantitative estimate of drug-likeness (QED) is 0.163. The van der Waals surface area contributed by atoms with Gasteiger partial charge in [-0.05, 0) is 29.8 Å². The summed E-state index contributed by atoms with van der Waals surface area (Å²) < 4.78 is 5.76. The van der Waals surface area contributed by atoms with Crippen LogP contribution in [0.15, 0.2) is 78.4 Å². The summed E-state index contributed by atoms with van der Waals surface area (Å²) in [6.45, 7) is 0.268. The second kappa shape index (κ2) is 9.50. The zero-order chi connectivity index (χ0) is 21.5. The number of rotatable bonds is 7. The summed E-state index contributed by atoms with van der Waals surface area (Å²) >= 11 is 6.13. The summed E-state index contributed by atoms with van der Waals surface area (Å²) in [5, 5.41) is 21.0. The second-order valence-electron chi connectivity index (χ2n) is 6.26. The summed E-state index contributed by atoms with van der Waals surface area (Å²) in [6, 6.07) is 21.4. The fourth-order valence-corrected chi connectivity index (χ4v) is 2.89. The largest absolute Gasteiger partial charge is 0.489 e. The molecular weight excluding hydrogens is 404 g/mol. The molecule has 0 spiro atoms. The van der Waals surface area contributed by atoms with Crippen LogP contribution in [0.2, 0.25) is 5.02 Å². The Hall–Kier alpha value is -3.95. The highest BCUT2D eigenvalue weighted by Gasteiger charge is 2.15. The van der Waals surface area contributed by atoms with E-state index >= 15 is 0 Å². The van der Waals surface area contributed by atoms with Crippen molar-refractivity contribution >= 4 is 29.1 Å². The number of nitro groups is 1. The maximum Gasteiger partial charge on any atom is 0.270 e. The lowest BCUT2D eigenvalue weighted by molar-refractivity contribution is -0.384. The molecule has 0 amide bonds. The summed E-state index contributed by atoms with van der Waals surface area (Å²) in [6.07, 6.45) is 1.42. The Morgan fingerprint density at radius 2 is 1.87 bits per heavy atom. The Kier molecular flexibility index (Phi) is 6.58. The minimum absolute atomic E-state index is 0.0723. The first-order valence-electron chi connectivity index (χ1n) is 8.85. The highest BCUT2D eigenvalue weighted by molar-refractivity contribution is 6.31. The van der Waals surface area contributed by atoms with E-state index in [1.165, 1.54) is 24.3 Å². The molecule has 0 unspecified atom stereocenters. The van der Waals surface area contributed by atoms with Crippen LogP contribution in [-0.2, 0) is 6.61 Å². The summed E-state index contributed by atoms with van der Waals surface area (Å²) in [4.78, 5) is 23.0. The van der Waals surface area contributed by atoms with Crippen molar-refractivity contribution in [2.45, 2.75) is 6.61 Å². The van der Waals surface area contributed by atoms with E-state index in [0.29, 0.717) is 16.3 Å². The number of hydrogen-bond acceptors (Lipinski definition) is 5. The van der Waals surface area contributed by atoms with E-state index < -0.39 is 10.7 Å². The number of nitro benzene ring substituents is 1. The molecule has 3 aromatic carbocycles. The number of allylic oxidation sites excluding steroid dienone is 1. The monoisotopic (exact) mass is 418 g/mol. The van der Waals surface area contributed by atoms with E-state index in [1.54, 1.807) is 30.3 Å². The van der Waals surface area contributed by atoms with Crippen LogP contribution < -0.4 is 4.74 Å². The van der Waals surface area contributed by atoms with Gasteiger partial charge in [0, 0.05) is 28.3 Å². The van der Waals surface area contributed by atoms with Gasteiger partial charge in [-0.15, -0.1) is 0 Å². The topological polar surface area (TPSA) is 93.2 Å². The molecule has 148 valence electrons. The Bertz CT molecular complexity index is 1180. The van der Waals surface area contributed by atoms with Gasteiger partial charge in [0.1, 0.15) is 24.0 Å². The Balaban J connectivity index is 1.81. The van der Waals surface area contributed by atoms with E-state index in [-0.39, 0.29) is 23.4 Å². The molecule has 0 saturated heterocycles. The number of ketones is 1. The minimum Gasteiger partial charge on any atom is -0.489 e. The van der Waals surface area contributed by atoms with Crippen LogP contribution in [-0.4, -0.2) is 10.7 Å². The average molecular weight is 419 g/mol. The van der Waals surface area contributed by atoms with Crippen molar-refractivity contribution < 1.29 is 14.5 Å². The number of nitriles is 1. The third-order valence-corrected chi connectivity index (χ3v) is 4.57. The predicted octanol–water partition coefficient (Wildman–Crippen LogP) is 5.62. The van der Waals surface area contributed by atoms with Crippen LogP contribution in [0.5, 0.6) is 5.75 Å². The summed E-state index contributed by atoms with van der Waals surface area (Å²) in [5.74, 6) is -0.0488. The van der Waals surface area contributed by atoms with Crippen molar-refractivity contribution in [1.82, 2.24) is 0 Å². The van der Waals surface area contributed by atoms with Gasteiger partial charge in [0.05, 0.1) is 4.92 Å². The highest BCUT2D eigenvalue weighted by atomic mass is 35.5. The third kappa shape index (κ3) is 5.10. The molecule has 0 bridgehead atoms. The molecular formula is C23H15ClN2O4. The van der Waals surface area contributed by atoms with Crippen molar-refractivity contribution in [2.75, 3.05) is 0 Å². The molecule has 0 N–H and O–H groups in total. The van der Waals surface area contributed by atoms with Gasteiger partial charge < -0.3 is 4.74 Å². The normalized spacial score (nSPS) is 10.9. The average Bonchev–Trinajstić information content (AvgIpc) is 2.77. The second-order valence-corrected chi connectivity index (χ2v) is 6.67. The molecule has 0 aliphatic rings. The molecule has 3 rings (SSSR count). The molecule has 0 radical (unpaired) electrons. The van der Waals surface area contributed by atoms with Crippen LogP contribution in [0.3, 0.4) is 0 Å². The molecule has 0 saturated carbocycles. The van der Waals surface area contributed by atoms with Gasteiger partial charge in [-0.3, -0.25) is 14.9 Å². The fourth-order valence-electron chi connectivity index (χ4n) is 2.70. The first kappa shape index (κ1) is 20.8. The molecule has 6 nitrogen and oxygen atoms in total. The van der Waals surface area contributed by atoms with E-state index in [4.69, 9.17) is 16.3 Å². The molecule has 3 aromatic rings. The van der Waals surface area contributed by atoms with E-state index in [9.17, 15) is 20.2 Å².